The Morgan fingerprint density at radius 1 is 0.974 bits per heavy atom. The van der Waals surface area contributed by atoms with Gasteiger partial charge in [-0.05, 0) is 94.3 Å². The third-order valence-corrected chi connectivity index (χ3v) is 6.53. The lowest BCUT2D eigenvalue weighted by Crippen LogP contribution is -2.55. The fourth-order valence-corrected chi connectivity index (χ4v) is 4.24. The molecule has 0 bridgehead atoms. The average Bonchev–Trinajstić information content (AvgIpc) is 3.66. The second kappa shape index (κ2) is 11.9. The topological polar surface area (TPSA) is 97.0 Å². The van der Waals surface area contributed by atoms with Crippen molar-refractivity contribution in [1.29, 1.82) is 0 Å². The molecule has 0 aliphatic heterocycles. The number of anilines is 1. The Labute approximate surface area is 226 Å². The summed E-state index contributed by atoms with van der Waals surface area (Å²) in [4.78, 5) is 42.3. The van der Waals surface area contributed by atoms with E-state index in [9.17, 15) is 14.4 Å². The Morgan fingerprint density at radius 3 is 2.11 bits per heavy atom. The fourth-order valence-electron chi connectivity index (χ4n) is 4.24. The molecule has 8 nitrogen and oxygen atoms in total. The van der Waals surface area contributed by atoms with Crippen molar-refractivity contribution in [2.45, 2.75) is 85.0 Å². The summed E-state index contributed by atoms with van der Waals surface area (Å²) in [5.41, 5.74) is 2.74. The molecule has 0 spiro atoms. The standard InChI is InChI=1S/C30H41N3O5/c1-18(2)25(32-29(36)38-30(5,6)7)28(35)33(23-13-14-23)26(21-10-9-19(3)20(4)17-21)27(34)31-22-11-15-24(37-8)16-12-22/h9-12,15-18,23,25-26H,13-14H2,1-8H3,(H,31,34)(H,32,36). The van der Waals surface area contributed by atoms with Crippen molar-refractivity contribution in [3.05, 3.63) is 59.2 Å². The maximum absolute atomic E-state index is 14.1. The Balaban J connectivity index is 1.99. The van der Waals surface area contributed by atoms with Gasteiger partial charge in [-0.1, -0.05) is 32.0 Å². The van der Waals surface area contributed by atoms with Crippen LogP contribution >= 0.6 is 0 Å². The maximum atomic E-state index is 14.1. The molecule has 2 atom stereocenters. The lowest BCUT2D eigenvalue weighted by molar-refractivity contribution is -0.142. The van der Waals surface area contributed by atoms with Crippen LogP contribution in [0.3, 0.4) is 0 Å². The number of nitrogens with zero attached hydrogens (tertiary/aromatic N) is 1. The Morgan fingerprint density at radius 2 is 1.61 bits per heavy atom. The quantitative estimate of drug-likeness (QED) is 0.450. The molecular formula is C30H41N3O5. The Bertz CT molecular complexity index is 1150. The molecule has 2 N–H and O–H groups in total. The van der Waals surface area contributed by atoms with Crippen molar-refractivity contribution in [1.82, 2.24) is 10.2 Å². The van der Waals surface area contributed by atoms with E-state index in [1.807, 2.05) is 45.9 Å². The summed E-state index contributed by atoms with van der Waals surface area (Å²) in [6, 6.07) is 11.1. The molecular weight excluding hydrogens is 482 g/mol. The zero-order valence-electron chi connectivity index (χ0n) is 23.8. The molecule has 2 unspecified atom stereocenters. The largest absolute Gasteiger partial charge is 0.497 e. The Kier molecular flexibility index (Phi) is 9.07. The number of methoxy groups -OCH3 is 1. The van der Waals surface area contributed by atoms with Gasteiger partial charge in [-0.15, -0.1) is 0 Å². The molecule has 0 aromatic heterocycles. The normalized spacial score (nSPS) is 14.9. The number of rotatable bonds is 9. The van der Waals surface area contributed by atoms with E-state index in [0.717, 1.165) is 29.5 Å². The SMILES string of the molecule is COc1ccc(NC(=O)C(c2ccc(C)c(C)c2)N(C(=O)C(NC(=O)OC(C)(C)C)C(C)C)C2CC2)cc1. The Hall–Kier alpha value is -3.55. The first-order valence-corrected chi connectivity index (χ1v) is 13.1. The van der Waals surface area contributed by atoms with Gasteiger partial charge >= 0.3 is 6.09 Å². The highest BCUT2D eigenvalue weighted by Gasteiger charge is 2.44. The summed E-state index contributed by atoms with van der Waals surface area (Å²) in [7, 11) is 1.58. The lowest BCUT2D eigenvalue weighted by Gasteiger charge is -2.36. The van der Waals surface area contributed by atoms with Crippen molar-refractivity contribution >= 4 is 23.6 Å². The van der Waals surface area contributed by atoms with Gasteiger partial charge in [0.2, 0.25) is 5.91 Å². The van der Waals surface area contributed by atoms with Crippen LogP contribution in [-0.4, -0.2) is 47.6 Å². The van der Waals surface area contributed by atoms with Gasteiger partial charge in [0.1, 0.15) is 23.4 Å². The van der Waals surface area contributed by atoms with Crippen LogP contribution in [-0.2, 0) is 14.3 Å². The van der Waals surface area contributed by atoms with Crippen LogP contribution in [0.2, 0.25) is 0 Å². The highest BCUT2D eigenvalue weighted by molar-refractivity contribution is 5.99. The summed E-state index contributed by atoms with van der Waals surface area (Å²) in [6.45, 7) is 13.1. The maximum Gasteiger partial charge on any atom is 0.408 e. The van der Waals surface area contributed by atoms with Gasteiger partial charge in [0.15, 0.2) is 0 Å². The molecule has 38 heavy (non-hydrogen) atoms. The molecule has 0 saturated heterocycles. The molecule has 0 radical (unpaired) electrons. The number of ether oxygens (including phenoxy) is 2. The second-order valence-corrected chi connectivity index (χ2v) is 11.3. The average molecular weight is 524 g/mol. The molecule has 1 aliphatic carbocycles. The van der Waals surface area contributed by atoms with Gasteiger partial charge in [0.25, 0.3) is 5.91 Å². The molecule has 2 aromatic carbocycles. The monoisotopic (exact) mass is 523 g/mol. The van der Waals surface area contributed by atoms with Gasteiger partial charge in [-0.25, -0.2) is 4.79 Å². The summed E-state index contributed by atoms with van der Waals surface area (Å²) < 4.78 is 10.7. The van der Waals surface area contributed by atoms with Crippen LogP contribution in [0, 0.1) is 19.8 Å². The molecule has 1 aliphatic rings. The van der Waals surface area contributed by atoms with E-state index in [4.69, 9.17) is 9.47 Å². The van der Waals surface area contributed by atoms with E-state index >= 15 is 0 Å². The first-order chi connectivity index (χ1) is 17.8. The number of alkyl carbamates (subject to hydrolysis) is 1. The molecule has 8 heteroatoms. The number of benzene rings is 2. The lowest BCUT2D eigenvalue weighted by atomic mass is 9.96. The third kappa shape index (κ3) is 7.49. The van der Waals surface area contributed by atoms with Crippen molar-refractivity contribution in [3.8, 4) is 5.75 Å². The summed E-state index contributed by atoms with van der Waals surface area (Å²) >= 11 is 0. The highest BCUT2D eigenvalue weighted by Crippen LogP contribution is 2.37. The van der Waals surface area contributed by atoms with E-state index < -0.39 is 23.8 Å². The van der Waals surface area contributed by atoms with Gasteiger partial charge < -0.3 is 25.0 Å². The molecule has 3 amide bonds. The van der Waals surface area contributed by atoms with Crippen LogP contribution < -0.4 is 15.4 Å². The zero-order valence-corrected chi connectivity index (χ0v) is 23.8. The predicted octanol–water partition coefficient (Wildman–Crippen LogP) is 5.53. The number of amides is 3. The predicted molar refractivity (Wildman–Crippen MR) is 148 cm³/mol. The van der Waals surface area contributed by atoms with Gasteiger partial charge in [-0.2, -0.15) is 0 Å². The van der Waals surface area contributed by atoms with Crippen LogP contribution in [0.5, 0.6) is 5.75 Å². The van der Waals surface area contributed by atoms with Gasteiger partial charge in [-0.3, -0.25) is 9.59 Å². The molecule has 1 fully saturated rings. The van der Waals surface area contributed by atoms with Gasteiger partial charge in [0, 0.05) is 11.7 Å². The number of aryl methyl sites for hydroxylation is 2. The molecule has 2 aromatic rings. The van der Waals surface area contributed by atoms with E-state index in [-0.39, 0.29) is 23.8 Å². The first kappa shape index (κ1) is 29.0. The van der Waals surface area contributed by atoms with Crippen molar-refractivity contribution in [2.24, 2.45) is 5.92 Å². The van der Waals surface area contributed by atoms with Crippen LogP contribution in [0.15, 0.2) is 42.5 Å². The number of nitrogens with one attached hydrogen (secondary N) is 2. The second-order valence-electron chi connectivity index (χ2n) is 11.3. The molecule has 1 saturated carbocycles. The van der Waals surface area contributed by atoms with E-state index in [2.05, 4.69) is 10.6 Å². The van der Waals surface area contributed by atoms with E-state index in [1.165, 1.54) is 0 Å². The van der Waals surface area contributed by atoms with Crippen LogP contribution in [0.1, 0.15) is 70.2 Å². The highest BCUT2D eigenvalue weighted by atomic mass is 16.6. The van der Waals surface area contributed by atoms with E-state index in [1.54, 1.807) is 57.0 Å². The van der Waals surface area contributed by atoms with Crippen molar-refractivity contribution in [2.75, 3.05) is 12.4 Å². The minimum atomic E-state index is -0.877. The zero-order chi connectivity index (χ0) is 28.2. The molecule has 3 rings (SSSR count). The summed E-state index contributed by atoms with van der Waals surface area (Å²) in [5, 5.41) is 5.75. The summed E-state index contributed by atoms with van der Waals surface area (Å²) in [5.74, 6) is -0.169. The van der Waals surface area contributed by atoms with Crippen molar-refractivity contribution in [3.63, 3.8) is 0 Å². The van der Waals surface area contributed by atoms with Crippen LogP contribution in [0.4, 0.5) is 10.5 Å². The van der Waals surface area contributed by atoms with Gasteiger partial charge in [0.05, 0.1) is 7.11 Å². The van der Waals surface area contributed by atoms with E-state index in [0.29, 0.717) is 11.4 Å². The third-order valence-electron chi connectivity index (χ3n) is 6.53. The number of carbonyl (C=O) groups is 3. The molecule has 0 heterocycles. The van der Waals surface area contributed by atoms with Crippen LogP contribution in [0.25, 0.3) is 0 Å². The fraction of sp³-hybridized carbons (Fsp3) is 0.500. The smallest absolute Gasteiger partial charge is 0.408 e. The number of hydrogen-bond acceptors (Lipinski definition) is 5. The van der Waals surface area contributed by atoms with Crippen molar-refractivity contribution < 1.29 is 23.9 Å². The number of hydrogen-bond donors (Lipinski definition) is 2. The molecule has 206 valence electrons. The minimum Gasteiger partial charge on any atom is -0.497 e. The summed E-state index contributed by atoms with van der Waals surface area (Å²) in [6.07, 6.45) is 0.922. The first-order valence-electron chi connectivity index (χ1n) is 13.1. The minimum absolute atomic E-state index is 0.0996. The number of carbonyl (C=O) groups excluding carboxylic acids is 3.